The molecule has 0 unspecified atom stereocenters. The van der Waals surface area contributed by atoms with Crippen LogP contribution in [0.25, 0.3) is 0 Å². The number of carboxylic acids is 1. The first-order chi connectivity index (χ1) is 12.3. The van der Waals surface area contributed by atoms with Crippen molar-refractivity contribution >= 4 is 11.8 Å². The molecule has 1 saturated carbocycles. The Bertz CT molecular complexity index is 549. The van der Waals surface area contributed by atoms with E-state index in [0.29, 0.717) is 25.7 Å². The number of carbonyl (C=O) groups excluding carboxylic acids is 1. The lowest BCUT2D eigenvalue weighted by Crippen LogP contribution is -2.16. The zero-order valence-corrected chi connectivity index (χ0v) is 15.6. The summed E-state index contributed by atoms with van der Waals surface area (Å²) >= 11 is 0. The number of alkyl halides is 2. The summed E-state index contributed by atoms with van der Waals surface area (Å²) < 4.78 is 27.9. The molecule has 1 aliphatic rings. The molecule has 26 heavy (non-hydrogen) atoms. The first-order valence-electron chi connectivity index (χ1n) is 9.41. The van der Waals surface area contributed by atoms with Gasteiger partial charge < -0.3 is 5.11 Å². The largest absolute Gasteiger partial charge is 0.481 e. The van der Waals surface area contributed by atoms with Crippen molar-refractivity contribution < 1.29 is 23.5 Å². The van der Waals surface area contributed by atoms with Crippen LogP contribution < -0.4 is 0 Å². The molecule has 1 aliphatic carbocycles. The van der Waals surface area contributed by atoms with Crippen LogP contribution in [-0.2, 0) is 9.59 Å². The standard InChI is InChI=1S/C21H30F2O3/c1-3-4-9-13-21(22,23)14-12-18-17(16(2)15-19(18)24)10-7-5-6-8-11-20(25)26/h5,7,12,14,17-18H,2-4,6,8-11,13,15H2,1H3,(H,25,26)/t17-,18+/m0/s1. The summed E-state index contributed by atoms with van der Waals surface area (Å²) in [5, 5.41) is 8.59. The Hall–Kier alpha value is -1.78. The highest BCUT2D eigenvalue weighted by atomic mass is 19.3. The van der Waals surface area contributed by atoms with Gasteiger partial charge in [-0.3, -0.25) is 9.59 Å². The Labute approximate surface area is 154 Å². The normalized spacial score (nSPS) is 21.3. The fourth-order valence-electron chi connectivity index (χ4n) is 3.18. The average Bonchev–Trinajstić information content (AvgIpc) is 2.82. The highest BCUT2D eigenvalue weighted by molar-refractivity contribution is 5.88. The van der Waals surface area contributed by atoms with Crippen molar-refractivity contribution in [2.75, 3.05) is 0 Å². The van der Waals surface area contributed by atoms with E-state index in [0.717, 1.165) is 24.5 Å². The number of ketones is 1. The van der Waals surface area contributed by atoms with Gasteiger partial charge in [-0.2, -0.15) is 0 Å². The van der Waals surface area contributed by atoms with Crippen molar-refractivity contribution in [1.82, 2.24) is 0 Å². The van der Waals surface area contributed by atoms with Gasteiger partial charge in [-0.05, 0) is 37.7 Å². The van der Waals surface area contributed by atoms with Gasteiger partial charge in [0.2, 0.25) is 0 Å². The minimum Gasteiger partial charge on any atom is -0.481 e. The number of unbranched alkanes of at least 4 members (excludes halogenated alkanes) is 3. The molecule has 0 spiro atoms. The van der Waals surface area contributed by atoms with Crippen LogP contribution in [-0.4, -0.2) is 22.8 Å². The lowest BCUT2D eigenvalue weighted by atomic mass is 9.89. The molecule has 1 rings (SSSR count). The highest BCUT2D eigenvalue weighted by Crippen LogP contribution is 2.37. The molecule has 2 atom stereocenters. The number of aliphatic carboxylic acids is 1. The molecule has 5 heteroatoms. The van der Waals surface area contributed by atoms with E-state index in [2.05, 4.69) is 6.58 Å². The molecule has 0 radical (unpaired) electrons. The van der Waals surface area contributed by atoms with E-state index in [1.54, 1.807) is 0 Å². The van der Waals surface area contributed by atoms with E-state index in [-0.39, 0.29) is 31.0 Å². The molecule has 0 bridgehead atoms. The molecule has 0 aliphatic heterocycles. The summed E-state index contributed by atoms with van der Waals surface area (Å²) in [5.74, 6) is -4.45. The zero-order valence-electron chi connectivity index (χ0n) is 15.6. The average molecular weight is 368 g/mol. The molecule has 0 aromatic heterocycles. The summed E-state index contributed by atoms with van der Waals surface area (Å²) in [6.07, 6.45) is 10.1. The van der Waals surface area contributed by atoms with Crippen molar-refractivity contribution in [3.63, 3.8) is 0 Å². The minimum atomic E-state index is -2.88. The summed E-state index contributed by atoms with van der Waals surface area (Å²) in [5.41, 5.74) is 0.786. The van der Waals surface area contributed by atoms with Crippen LogP contribution >= 0.6 is 0 Å². The third-order valence-corrected chi connectivity index (χ3v) is 4.71. The lowest BCUT2D eigenvalue weighted by molar-refractivity contribution is -0.137. The van der Waals surface area contributed by atoms with Gasteiger partial charge >= 0.3 is 5.97 Å². The molecule has 0 amide bonds. The first kappa shape index (κ1) is 22.3. The quantitative estimate of drug-likeness (QED) is 0.354. The molecule has 1 fully saturated rings. The van der Waals surface area contributed by atoms with Gasteiger partial charge in [0.1, 0.15) is 5.78 Å². The van der Waals surface area contributed by atoms with E-state index in [4.69, 9.17) is 5.11 Å². The number of Topliss-reactive ketones (excluding diaryl/α,β-unsaturated/α-hetero) is 1. The predicted molar refractivity (Wildman–Crippen MR) is 99.2 cm³/mol. The van der Waals surface area contributed by atoms with Crippen molar-refractivity contribution in [2.24, 2.45) is 11.8 Å². The molecule has 0 aromatic carbocycles. The second-order valence-corrected chi connectivity index (χ2v) is 7.00. The molecular formula is C21H30F2O3. The Morgan fingerprint density at radius 1 is 1.31 bits per heavy atom. The second kappa shape index (κ2) is 11.0. The van der Waals surface area contributed by atoms with Crippen molar-refractivity contribution in [2.45, 2.75) is 70.6 Å². The highest BCUT2D eigenvalue weighted by Gasteiger charge is 2.36. The number of hydrogen-bond acceptors (Lipinski definition) is 2. The number of carbonyl (C=O) groups is 2. The summed E-state index contributed by atoms with van der Waals surface area (Å²) in [7, 11) is 0. The molecule has 1 N–H and O–H groups in total. The maximum Gasteiger partial charge on any atom is 0.303 e. The molecule has 0 saturated heterocycles. The fraction of sp³-hybridized carbons (Fsp3) is 0.619. The molecule has 146 valence electrons. The Morgan fingerprint density at radius 2 is 2.04 bits per heavy atom. The van der Waals surface area contributed by atoms with Gasteiger partial charge in [0, 0.05) is 25.2 Å². The molecule has 0 heterocycles. The van der Waals surface area contributed by atoms with E-state index in [1.165, 1.54) is 6.08 Å². The second-order valence-electron chi connectivity index (χ2n) is 7.00. The summed E-state index contributed by atoms with van der Waals surface area (Å²) in [6.45, 7) is 5.89. The molecular weight excluding hydrogens is 338 g/mol. The van der Waals surface area contributed by atoms with Crippen molar-refractivity contribution in [3.05, 3.63) is 36.5 Å². The van der Waals surface area contributed by atoms with Crippen LogP contribution in [0.2, 0.25) is 0 Å². The van der Waals surface area contributed by atoms with Gasteiger partial charge in [-0.1, -0.05) is 50.1 Å². The topological polar surface area (TPSA) is 54.4 Å². The van der Waals surface area contributed by atoms with E-state index >= 15 is 0 Å². The molecule has 3 nitrogen and oxygen atoms in total. The minimum absolute atomic E-state index is 0.0557. The number of halogens is 2. The van der Waals surface area contributed by atoms with Crippen LogP contribution in [0.1, 0.15) is 64.7 Å². The third kappa shape index (κ3) is 8.07. The predicted octanol–water partition coefficient (Wildman–Crippen LogP) is 5.72. The number of allylic oxidation sites excluding steroid dienone is 5. The number of carboxylic acid groups (broad SMARTS) is 1. The number of rotatable bonds is 12. The van der Waals surface area contributed by atoms with Crippen LogP contribution in [0, 0.1) is 11.8 Å². The van der Waals surface area contributed by atoms with E-state index in [1.807, 2.05) is 19.1 Å². The SMILES string of the molecule is C=C1CC(=O)[C@H](C=CC(F)(F)CCCCC)[C@H]1CC=CCCCC(=O)O. The Balaban J connectivity index is 2.59. The maximum atomic E-state index is 13.9. The maximum absolute atomic E-state index is 13.9. The Morgan fingerprint density at radius 3 is 2.69 bits per heavy atom. The van der Waals surface area contributed by atoms with Gasteiger partial charge in [-0.25, -0.2) is 8.78 Å². The van der Waals surface area contributed by atoms with Crippen molar-refractivity contribution in [3.8, 4) is 0 Å². The van der Waals surface area contributed by atoms with Gasteiger partial charge in [0.05, 0.1) is 0 Å². The zero-order chi connectivity index (χ0) is 19.6. The first-order valence-corrected chi connectivity index (χ1v) is 9.41. The smallest absolute Gasteiger partial charge is 0.303 e. The molecule has 0 aromatic rings. The third-order valence-electron chi connectivity index (χ3n) is 4.71. The van der Waals surface area contributed by atoms with Crippen LogP contribution in [0.4, 0.5) is 8.78 Å². The monoisotopic (exact) mass is 368 g/mol. The Kier molecular flexibility index (Phi) is 9.46. The van der Waals surface area contributed by atoms with Crippen LogP contribution in [0.15, 0.2) is 36.5 Å². The summed E-state index contributed by atoms with van der Waals surface area (Å²) in [4.78, 5) is 22.6. The van der Waals surface area contributed by atoms with Crippen LogP contribution in [0.5, 0.6) is 0 Å². The summed E-state index contributed by atoms with van der Waals surface area (Å²) in [6, 6.07) is 0. The van der Waals surface area contributed by atoms with Crippen LogP contribution in [0.3, 0.4) is 0 Å². The lowest BCUT2D eigenvalue weighted by Gasteiger charge is -2.16. The van der Waals surface area contributed by atoms with Crippen molar-refractivity contribution in [1.29, 1.82) is 0 Å². The van der Waals surface area contributed by atoms with Gasteiger partial charge in [-0.15, -0.1) is 0 Å². The number of hydrogen-bond donors (Lipinski definition) is 1. The fourth-order valence-corrected chi connectivity index (χ4v) is 3.18. The van der Waals surface area contributed by atoms with E-state index < -0.39 is 17.8 Å². The van der Waals surface area contributed by atoms with Gasteiger partial charge in [0.15, 0.2) is 0 Å². The van der Waals surface area contributed by atoms with E-state index in [9.17, 15) is 18.4 Å². The van der Waals surface area contributed by atoms with Gasteiger partial charge in [0.25, 0.3) is 5.92 Å².